The summed E-state index contributed by atoms with van der Waals surface area (Å²) in [6.45, 7) is -0.923. The zero-order valence-electron chi connectivity index (χ0n) is 7.28. The molecule has 82 valence electrons. The van der Waals surface area contributed by atoms with Crippen molar-refractivity contribution < 1.29 is 23.4 Å². The Kier molecular flexibility index (Phi) is 3.79. The van der Waals surface area contributed by atoms with Gasteiger partial charge in [-0.15, -0.1) is 0 Å². The minimum atomic E-state index is -2.70. The molecule has 0 aromatic carbocycles. The van der Waals surface area contributed by atoms with Gasteiger partial charge in [-0.25, -0.2) is 18.6 Å². The van der Waals surface area contributed by atoms with E-state index in [0.717, 1.165) is 6.07 Å². The van der Waals surface area contributed by atoms with Crippen molar-refractivity contribution in [3.05, 3.63) is 22.8 Å². The van der Waals surface area contributed by atoms with Gasteiger partial charge in [0.15, 0.2) is 6.61 Å². The third-order valence-electron chi connectivity index (χ3n) is 1.40. The molecule has 0 atom stereocenters. The predicted molar refractivity (Wildman–Crippen MR) is 47.7 cm³/mol. The predicted octanol–water partition coefficient (Wildman–Crippen LogP) is 2.08. The fraction of sp³-hybridized carbons (Fsp3) is 0.250. The quantitative estimate of drug-likeness (QED) is 0.815. The molecule has 0 bridgehead atoms. The van der Waals surface area contributed by atoms with Crippen LogP contribution in [0.5, 0.6) is 5.88 Å². The smallest absolute Gasteiger partial charge is 0.341 e. The zero-order valence-corrected chi connectivity index (χ0v) is 8.04. The monoisotopic (exact) mass is 237 g/mol. The number of carboxylic acid groups (broad SMARTS) is 1. The Morgan fingerprint density at radius 3 is 2.80 bits per heavy atom. The molecule has 7 heteroatoms. The van der Waals surface area contributed by atoms with E-state index in [1.807, 2.05) is 0 Å². The summed E-state index contributed by atoms with van der Waals surface area (Å²) in [5.41, 5.74) is -0.306. The van der Waals surface area contributed by atoms with Gasteiger partial charge >= 0.3 is 5.97 Å². The standard InChI is InChI=1S/C8H6ClF2NO3/c9-5-2-1-4(8(13)14)7(12-5)15-3-6(10)11/h1-2,6H,3H2,(H,13,14). The van der Waals surface area contributed by atoms with Gasteiger partial charge in [-0.05, 0) is 12.1 Å². The first-order valence-electron chi connectivity index (χ1n) is 3.81. The number of carboxylic acids is 1. The normalized spacial score (nSPS) is 10.4. The maximum atomic E-state index is 11.8. The Morgan fingerprint density at radius 2 is 2.27 bits per heavy atom. The second-order valence-electron chi connectivity index (χ2n) is 2.49. The van der Waals surface area contributed by atoms with E-state index in [0.29, 0.717) is 0 Å². The largest absolute Gasteiger partial charge is 0.477 e. The van der Waals surface area contributed by atoms with Gasteiger partial charge in [0.05, 0.1) is 0 Å². The van der Waals surface area contributed by atoms with Gasteiger partial charge in [0.25, 0.3) is 6.43 Å². The number of ether oxygens (including phenoxy) is 1. The highest BCUT2D eigenvalue weighted by Crippen LogP contribution is 2.19. The number of halogens is 3. The lowest BCUT2D eigenvalue weighted by Crippen LogP contribution is -2.11. The summed E-state index contributed by atoms with van der Waals surface area (Å²) >= 11 is 5.47. The van der Waals surface area contributed by atoms with Crippen LogP contribution in [-0.2, 0) is 0 Å². The van der Waals surface area contributed by atoms with Gasteiger partial charge in [0.2, 0.25) is 5.88 Å². The van der Waals surface area contributed by atoms with Gasteiger partial charge < -0.3 is 9.84 Å². The highest BCUT2D eigenvalue weighted by molar-refractivity contribution is 6.29. The molecule has 0 radical (unpaired) electrons. The average Bonchev–Trinajstić information content (AvgIpc) is 2.14. The first-order chi connectivity index (χ1) is 7.00. The second kappa shape index (κ2) is 4.88. The number of aromatic carboxylic acids is 1. The van der Waals surface area contributed by atoms with Crippen LogP contribution in [-0.4, -0.2) is 29.1 Å². The molecule has 1 N–H and O–H groups in total. The Labute approximate surface area is 88.4 Å². The molecule has 0 aliphatic rings. The lowest BCUT2D eigenvalue weighted by atomic mass is 10.3. The molecular weight excluding hydrogens is 232 g/mol. The Balaban J connectivity index is 2.92. The SMILES string of the molecule is O=C(O)c1ccc(Cl)nc1OCC(F)F. The highest BCUT2D eigenvalue weighted by atomic mass is 35.5. The van der Waals surface area contributed by atoms with Gasteiger partial charge in [-0.3, -0.25) is 0 Å². The minimum absolute atomic E-state index is 0.0238. The van der Waals surface area contributed by atoms with Crippen molar-refractivity contribution in [3.63, 3.8) is 0 Å². The summed E-state index contributed by atoms with van der Waals surface area (Å²) in [6.07, 6.45) is -2.70. The molecule has 0 amide bonds. The number of hydrogen-bond acceptors (Lipinski definition) is 3. The molecule has 0 aliphatic carbocycles. The van der Waals surface area contributed by atoms with E-state index < -0.39 is 24.9 Å². The molecule has 0 unspecified atom stereocenters. The number of carbonyl (C=O) groups is 1. The number of aromatic nitrogens is 1. The first kappa shape index (κ1) is 11.6. The summed E-state index contributed by atoms with van der Waals surface area (Å²) in [5, 5.41) is 8.65. The number of pyridine rings is 1. The molecule has 0 fully saturated rings. The van der Waals surface area contributed by atoms with E-state index in [9.17, 15) is 13.6 Å². The number of nitrogens with zero attached hydrogens (tertiary/aromatic N) is 1. The van der Waals surface area contributed by atoms with Gasteiger partial charge in [-0.1, -0.05) is 11.6 Å². The van der Waals surface area contributed by atoms with E-state index in [2.05, 4.69) is 9.72 Å². The maximum absolute atomic E-state index is 11.8. The maximum Gasteiger partial charge on any atom is 0.341 e. The molecule has 1 rings (SSSR count). The topological polar surface area (TPSA) is 59.4 Å². The lowest BCUT2D eigenvalue weighted by molar-refractivity contribution is 0.0656. The van der Waals surface area contributed by atoms with Crippen molar-refractivity contribution in [1.82, 2.24) is 4.98 Å². The summed E-state index contributed by atoms with van der Waals surface area (Å²) in [4.78, 5) is 14.1. The molecule has 1 aromatic heterocycles. The highest BCUT2D eigenvalue weighted by Gasteiger charge is 2.15. The van der Waals surface area contributed by atoms with Crippen molar-refractivity contribution in [2.24, 2.45) is 0 Å². The molecule has 0 spiro atoms. The van der Waals surface area contributed by atoms with Crippen molar-refractivity contribution >= 4 is 17.6 Å². The summed E-state index contributed by atoms with van der Waals surface area (Å²) in [7, 11) is 0. The zero-order chi connectivity index (χ0) is 11.4. The van der Waals surface area contributed by atoms with Crippen molar-refractivity contribution in [2.75, 3.05) is 6.61 Å². The van der Waals surface area contributed by atoms with Crippen LogP contribution in [0.4, 0.5) is 8.78 Å². The van der Waals surface area contributed by atoms with Crippen molar-refractivity contribution in [2.45, 2.75) is 6.43 Å². The molecule has 0 aliphatic heterocycles. The lowest BCUT2D eigenvalue weighted by Gasteiger charge is -2.07. The molecule has 0 saturated carbocycles. The third kappa shape index (κ3) is 3.32. The van der Waals surface area contributed by atoms with Gasteiger partial charge in [-0.2, -0.15) is 0 Å². The molecular formula is C8H6ClF2NO3. The average molecular weight is 238 g/mol. The molecule has 0 saturated heterocycles. The molecule has 1 aromatic rings. The van der Waals surface area contributed by atoms with E-state index in [4.69, 9.17) is 16.7 Å². The van der Waals surface area contributed by atoms with E-state index in [-0.39, 0.29) is 10.7 Å². The summed E-state index contributed by atoms with van der Waals surface area (Å²) in [6, 6.07) is 2.37. The summed E-state index contributed by atoms with van der Waals surface area (Å²) in [5.74, 6) is -1.72. The fourth-order valence-corrected chi connectivity index (χ4v) is 0.972. The van der Waals surface area contributed by atoms with E-state index >= 15 is 0 Å². The number of rotatable bonds is 4. The Hall–Kier alpha value is -1.43. The van der Waals surface area contributed by atoms with Crippen LogP contribution < -0.4 is 4.74 Å². The Morgan fingerprint density at radius 1 is 1.60 bits per heavy atom. The fourth-order valence-electron chi connectivity index (χ4n) is 0.833. The van der Waals surface area contributed by atoms with Crippen LogP contribution in [0, 0.1) is 0 Å². The van der Waals surface area contributed by atoms with Crippen LogP contribution >= 0.6 is 11.6 Å². The van der Waals surface area contributed by atoms with Crippen molar-refractivity contribution in [1.29, 1.82) is 0 Å². The minimum Gasteiger partial charge on any atom is -0.477 e. The van der Waals surface area contributed by atoms with Crippen LogP contribution in [0.1, 0.15) is 10.4 Å². The molecule has 15 heavy (non-hydrogen) atoms. The van der Waals surface area contributed by atoms with Gasteiger partial charge in [0, 0.05) is 0 Å². The van der Waals surface area contributed by atoms with Crippen molar-refractivity contribution in [3.8, 4) is 5.88 Å². The van der Waals surface area contributed by atoms with Gasteiger partial charge in [0.1, 0.15) is 10.7 Å². The number of alkyl halides is 2. The van der Waals surface area contributed by atoms with Crippen LogP contribution in [0.25, 0.3) is 0 Å². The van der Waals surface area contributed by atoms with E-state index in [1.54, 1.807) is 0 Å². The van der Waals surface area contributed by atoms with Crippen LogP contribution in [0.2, 0.25) is 5.15 Å². The Bertz CT molecular complexity index is 373. The molecule has 1 heterocycles. The summed E-state index contributed by atoms with van der Waals surface area (Å²) < 4.78 is 28.2. The third-order valence-corrected chi connectivity index (χ3v) is 1.61. The van der Waals surface area contributed by atoms with Crippen LogP contribution in [0.3, 0.4) is 0 Å². The van der Waals surface area contributed by atoms with E-state index in [1.165, 1.54) is 6.07 Å². The molecule has 4 nitrogen and oxygen atoms in total. The number of hydrogen-bond donors (Lipinski definition) is 1. The second-order valence-corrected chi connectivity index (χ2v) is 2.88. The first-order valence-corrected chi connectivity index (χ1v) is 4.19. The van der Waals surface area contributed by atoms with Crippen LogP contribution in [0.15, 0.2) is 12.1 Å².